The molecule has 9 nitrogen and oxygen atoms in total. The van der Waals surface area contributed by atoms with Crippen LogP contribution in [-0.4, -0.2) is 76.6 Å². The minimum Gasteiger partial charge on any atom is -0.445 e. The number of carbonyl (C=O) groups excluding carboxylic acids is 2. The van der Waals surface area contributed by atoms with Gasteiger partial charge in [-0.25, -0.2) is 14.8 Å². The minimum atomic E-state index is -4.49. The number of anilines is 1. The van der Waals surface area contributed by atoms with Gasteiger partial charge in [-0.2, -0.15) is 13.2 Å². The van der Waals surface area contributed by atoms with Crippen molar-refractivity contribution in [3.8, 4) is 0 Å². The average Bonchev–Trinajstić information content (AvgIpc) is 2.96. The Morgan fingerprint density at radius 1 is 1.05 bits per heavy atom. The van der Waals surface area contributed by atoms with Crippen LogP contribution >= 0.6 is 0 Å². The molecule has 41 heavy (non-hydrogen) atoms. The van der Waals surface area contributed by atoms with Crippen molar-refractivity contribution in [2.24, 2.45) is 0 Å². The van der Waals surface area contributed by atoms with E-state index >= 15 is 0 Å². The number of hydrogen-bond donors (Lipinski definition) is 2. The van der Waals surface area contributed by atoms with Crippen LogP contribution in [0.15, 0.2) is 54.9 Å². The lowest BCUT2D eigenvalue weighted by molar-refractivity contribution is -0.137. The Hall–Kier alpha value is -3.93. The molecule has 218 valence electrons. The second-order valence-electron chi connectivity index (χ2n) is 10.6. The molecule has 5 rings (SSSR count). The molecule has 1 saturated carbocycles. The molecular formula is C29H33F3N6O3. The van der Waals surface area contributed by atoms with Crippen LogP contribution in [0.3, 0.4) is 0 Å². The number of alkyl halides is 3. The second kappa shape index (κ2) is 12.3. The normalized spacial score (nSPS) is 19.8. The average molecular weight is 571 g/mol. The van der Waals surface area contributed by atoms with Crippen LogP contribution in [0.4, 0.5) is 23.8 Å². The van der Waals surface area contributed by atoms with Gasteiger partial charge in [-0.05, 0) is 49.4 Å². The highest BCUT2D eigenvalue weighted by molar-refractivity contribution is 5.91. The molecule has 0 bridgehead atoms. The van der Waals surface area contributed by atoms with Crippen LogP contribution in [0.25, 0.3) is 10.9 Å². The number of likely N-dealkylation sites (tertiary alicyclic amines) is 1. The number of nitrogens with zero attached hydrogens (tertiary/aromatic N) is 4. The Balaban J connectivity index is 1.02. The largest absolute Gasteiger partial charge is 0.445 e. The van der Waals surface area contributed by atoms with Gasteiger partial charge in [0.15, 0.2) is 0 Å². The number of ether oxygens (including phenoxy) is 1. The monoisotopic (exact) mass is 570 g/mol. The molecule has 1 aromatic heterocycles. The predicted octanol–water partition coefficient (Wildman–Crippen LogP) is 4.44. The number of benzene rings is 2. The third kappa shape index (κ3) is 7.05. The van der Waals surface area contributed by atoms with Gasteiger partial charge in [0, 0.05) is 37.6 Å². The van der Waals surface area contributed by atoms with Gasteiger partial charge in [-0.15, -0.1) is 0 Å². The predicted molar refractivity (Wildman–Crippen MR) is 147 cm³/mol. The zero-order chi connectivity index (χ0) is 29.0. The Morgan fingerprint density at radius 3 is 2.49 bits per heavy atom. The summed E-state index contributed by atoms with van der Waals surface area (Å²) < 4.78 is 44.9. The fraction of sp³-hybridized carbons (Fsp3) is 0.448. The molecule has 2 fully saturated rings. The second-order valence-corrected chi connectivity index (χ2v) is 10.6. The lowest BCUT2D eigenvalue weighted by atomic mass is 9.87. The highest BCUT2D eigenvalue weighted by Crippen LogP contribution is 2.33. The van der Waals surface area contributed by atoms with Crippen LogP contribution < -0.4 is 10.6 Å². The summed E-state index contributed by atoms with van der Waals surface area (Å²) >= 11 is 0. The number of fused-ring (bicyclic) bond motifs is 1. The quantitative estimate of drug-likeness (QED) is 0.413. The minimum absolute atomic E-state index is 0.0108. The first-order valence-corrected chi connectivity index (χ1v) is 13.7. The molecule has 0 atom stereocenters. The van der Waals surface area contributed by atoms with Gasteiger partial charge in [-0.1, -0.05) is 30.3 Å². The standard InChI is InChI=1S/C29H33F3N6O3/c1-37(28(40)41-17-19-5-3-2-4-6-19)22-8-10-23(11-9-22)38-15-21(16-38)36-26(39)14-33-27-24-13-20(29(30,31)32)7-12-25(24)34-18-35-27/h2-7,12-13,18,21-23H,8-11,14-17H2,1H3,(H,36,39)(H,33,34,35). The van der Waals surface area contributed by atoms with Crippen LogP contribution in [0.1, 0.15) is 36.8 Å². The molecule has 1 aliphatic heterocycles. The molecular weight excluding hydrogens is 537 g/mol. The van der Waals surface area contributed by atoms with Gasteiger partial charge in [-0.3, -0.25) is 9.69 Å². The van der Waals surface area contributed by atoms with Crippen LogP contribution in [0.2, 0.25) is 0 Å². The summed E-state index contributed by atoms with van der Waals surface area (Å²) in [7, 11) is 1.79. The Morgan fingerprint density at radius 2 is 1.78 bits per heavy atom. The summed E-state index contributed by atoms with van der Waals surface area (Å²) in [5.74, 6) is -0.0788. The van der Waals surface area contributed by atoms with Gasteiger partial charge in [0.1, 0.15) is 18.8 Å². The molecule has 2 heterocycles. The first-order chi connectivity index (χ1) is 19.7. The number of nitrogens with one attached hydrogen (secondary N) is 2. The van der Waals surface area contributed by atoms with E-state index in [0.717, 1.165) is 56.5 Å². The summed E-state index contributed by atoms with van der Waals surface area (Å²) in [6.45, 7) is 1.61. The SMILES string of the molecule is CN(C(=O)OCc1ccccc1)C1CCC(N2CC(NC(=O)CNc3ncnc4ccc(C(F)(F)F)cc34)C2)CC1. The molecule has 0 unspecified atom stereocenters. The van der Waals surface area contributed by atoms with Crippen molar-refractivity contribution < 1.29 is 27.5 Å². The third-order valence-electron chi connectivity index (χ3n) is 7.88. The number of halogens is 3. The van der Waals surface area contributed by atoms with E-state index in [4.69, 9.17) is 4.74 Å². The van der Waals surface area contributed by atoms with Crippen molar-refractivity contribution in [2.75, 3.05) is 32.0 Å². The van der Waals surface area contributed by atoms with Crippen LogP contribution in [0, 0.1) is 0 Å². The zero-order valence-electron chi connectivity index (χ0n) is 22.7. The van der Waals surface area contributed by atoms with E-state index in [-0.39, 0.29) is 48.4 Å². The van der Waals surface area contributed by atoms with Gasteiger partial charge in [0.25, 0.3) is 0 Å². The van der Waals surface area contributed by atoms with Crippen molar-refractivity contribution >= 4 is 28.7 Å². The summed E-state index contributed by atoms with van der Waals surface area (Å²) in [6.07, 6.45) is 0.156. The van der Waals surface area contributed by atoms with Crippen molar-refractivity contribution in [2.45, 2.75) is 56.6 Å². The van der Waals surface area contributed by atoms with Gasteiger partial charge in [0.2, 0.25) is 5.91 Å². The number of carbonyl (C=O) groups is 2. The van der Waals surface area contributed by atoms with Gasteiger partial charge < -0.3 is 20.3 Å². The molecule has 1 aliphatic carbocycles. The number of hydrogen-bond acceptors (Lipinski definition) is 7. The summed E-state index contributed by atoms with van der Waals surface area (Å²) in [5.41, 5.74) is 0.510. The van der Waals surface area contributed by atoms with E-state index in [0.29, 0.717) is 11.6 Å². The van der Waals surface area contributed by atoms with Crippen molar-refractivity contribution in [1.82, 2.24) is 25.1 Å². The van der Waals surface area contributed by atoms with Crippen molar-refractivity contribution in [3.63, 3.8) is 0 Å². The van der Waals surface area contributed by atoms with E-state index in [1.807, 2.05) is 30.3 Å². The third-order valence-corrected chi connectivity index (χ3v) is 7.88. The summed E-state index contributed by atoms with van der Waals surface area (Å²) in [5, 5.41) is 6.03. The smallest absolute Gasteiger partial charge is 0.416 e. The Labute approximate surface area is 236 Å². The van der Waals surface area contributed by atoms with E-state index < -0.39 is 11.7 Å². The van der Waals surface area contributed by atoms with Crippen LogP contribution in [0.5, 0.6) is 0 Å². The molecule has 2 aliphatic rings. The molecule has 1 saturated heterocycles. The van der Waals surface area contributed by atoms with Crippen molar-refractivity contribution in [3.05, 3.63) is 66.0 Å². The molecule has 3 aromatic rings. The highest BCUT2D eigenvalue weighted by atomic mass is 19.4. The van der Waals surface area contributed by atoms with Gasteiger partial charge >= 0.3 is 12.3 Å². The molecule has 2 aromatic carbocycles. The molecule has 0 spiro atoms. The maximum Gasteiger partial charge on any atom is 0.416 e. The molecule has 12 heteroatoms. The van der Waals surface area contributed by atoms with Crippen molar-refractivity contribution in [1.29, 1.82) is 0 Å². The maximum atomic E-state index is 13.1. The highest BCUT2D eigenvalue weighted by Gasteiger charge is 2.36. The van der Waals surface area contributed by atoms with E-state index in [2.05, 4.69) is 25.5 Å². The van der Waals surface area contributed by atoms with Crippen LogP contribution in [-0.2, 0) is 22.3 Å². The molecule has 0 radical (unpaired) electrons. The summed E-state index contributed by atoms with van der Waals surface area (Å²) in [6, 6.07) is 13.4. The van der Waals surface area contributed by atoms with Gasteiger partial charge in [0.05, 0.1) is 23.7 Å². The fourth-order valence-corrected chi connectivity index (χ4v) is 5.50. The number of aromatic nitrogens is 2. The first kappa shape index (κ1) is 28.6. The lowest BCUT2D eigenvalue weighted by Gasteiger charge is -2.47. The number of rotatable bonds is 8. The maximum absolute atomic E-state index is 13.1. The topological polar surface area (TPSA) is 99.7 Å². The Bertz CT molecular complexity index is 1360. The fourth-order valence-electron chi connectivity index (χ4n) is 5.50. The molecule has 2 N–H and O–H groups in total. The molecule has 2 amide bonds. The number of amides is 2. The summed E-state index contributed by atoms with van der Waals surface area (Å²) in [4.78, 5) is 37.1. The van der Waals surface area contributed by atoms with E-state index in [1.165, 1.54) is 12.4 Å². The van der Waals surface area contributed by atoms with E-state index in [9.17, 15) is 22.8 Å². The first-order valence-electron chi connectivity index (χ1n) is 13.7. The lowest BCUT2D eigenvalue weighted by Crippen LogP contribution is -2.63. The Kier molecular flexibility index (Phi) is 8.57. The van der Waals surface area contributed by atoms with E-state index in [1.54, 1.807) is 11.9 Å². The zero-order valence-corrected chi connectivity index (χ0v) is 22.7.